The van der Waals surface area contributed by atoms with Gasteiger partial charge in [0.1, 0.15) is 17.3 Å². The molecule has 98 valence electrons. The van der Waals surface area contributed by atoms with Gasteiger partial charge >= 0.3 is 6.03 Å². The smallest absolute Gasteiger partial charge is 0.320 e. The van der Waals surface area contributed by atoms with E-state index in [4.69, 9.17) is 4.74 Å². The third-order valence-corrected chi connectivity index (χ3v) is 2.39. The number of anilines is 1. The quantitative estimate of drug-likeness (QED) is 0.885. The molecule has 0 aliphatic carbocycles. The van der Waals surface area contributed by atoms with Crippen LogP contribution in [0.15, 0.2) is 36.7 Å². The van der Waals surface area contributed by atoms with Crippen LogP contribution in [0, 0.1) is 6.92 Å². The highest BCUT2D eigenvalue weighted by atomic mass is 16.5. The van der Waals surface area contributed by atoms with E-state index in [9.17, 15) is 4.79 Å². The summed E-state index contributed by atoms with van der Waals surface area (Å²) in [4.78, 5) is 19.4. The third kappa shape index (κ3) is 3.41. The highest BCUT2D eigenvalue weighted by Crippen LogP contribution is 2.24. The van der Waals surface area contributed by atoms with Gasteiger partial charge in [0, 0.05) is 25.5 Å². The second kappa shape index (κ2) is 5.81. The fourth-order valence-corrected chi connectivity index (χ4v) is 1.43. The Morgan fingerprint density at radius 2 is 2.11 bits per heavy atom. The minimum absolute atomic E-state index is 0.331. The van der Waals surface area contributed by atoms with E-state index in [0.29, 0.717) is 17.3 Å². The van der Waals surface area contributed by atoms with Gasteiger partial charge in [-0.2, -0.15) is 0 Å². The van der Waals surface area contributed by atoms with Gasteiger partial charge in [-0.05, 0) is 25.1 Å². The Bertz CT molecular complexity index is 586. The topological polar surface area (TPSA) is 76.1 Å². The van der Waals surface area contributed by atoms with E-state index < -0.39 is 0 Å². The molecule has 0 aliphatic rings. The van der Waals surface area contributed by atoms with Gasteiger partial charge in [0.15, 0.2) is 0 Å². The van der Waals surface area contributed by atoms with Crippen LogP contribution in [0.5, 0.6) is 11.5 Å². The first-order valence-corrected chi connectivity index (χ1v) is 5.73. The Hall–Kier alpha value is -2.63. The van der Waals surface area contributed by atoms with Gasteiger partial charge < -0.3 is 10.1 Å². The van der Waals surface area contributed by atoms with Crippen LogP contribution >= 0.6 is 0 Å². The van der Waals surface area contributed by atoms with Crippen LogP contribution in [0.3, 0.4) is 0 Å². The van der Waals surface area contributed by atoms with Crippen molar-refractivity contribution in [1.29, 1.82) is 0 Å². The Labute approximate surface area is 110 Å². The van der Waals surface area contributed by atoms with E-state index in [0.717, 1.165) is 5.69 Å². The molecule has 0 unspecified atom stereocenters. The number of hydrogen-bond acceptors (Lipinski definition) is 4. The van der Waals surface area contributed by atoms with Crippen LogP contribution < -0.4 is 15.4 Å². The first-order chi connectivity index (χ1) is 9.19. The molecule has 2 amide bonds. The highest BCUT2D eigenvalue weighted by molar-refractivity contribution is 5.88. The van der Waals surface area contributed by atoms with Crippen LogP contribution in [0.25, 0.3) is 0 Å². The zero-order valence-corrected chi connectivity index (χ0v) is 10.7. The van der Waals surface area contributed by atoms with Crippen LogP contribution in [0.2, 0.25) is 0 Å². The molecule has 2 aromatic rings. The summed E-state index contributed by atoms with van der Waals surface area (Å²) in [5, 5.41) is 5.03. The molecule has 19 heavy (non-hydrogen) atoms. The number of ether oxygens (including phenoxy) is 1. The predicted octanol–water partition coefficient (Wildman–Crippen LogP) is 2.33. The summed E-state index contributed by atoms with van der Waals surface area (Å²) in [6, 6.07) is 6.65. The fourth-order valence-electron chi connectivity index (χ4n) is 1.43. The molecule has 6 heteroatoms. The Kier molecular flexibility index (Phi) is 3.92. The Morgan fingerprint density at radius 3 is 2.84 bits per heavy atom. The molecule has 0 radical (unpaired) electrons. The molecule has 0 fully saturated rings. The van der Waals surface area contributed by atoms with Crippen molar-refractivity contribution < 1.29 is 9.53 Å². The minimum Gasteiger partial charge on any atom is -0.455 e. The van der Waals surface area contributed by atoms with Gasteiger partial charge in [0.2, 0.25) is 0 Å². The molecular weight excluding hydrogens is 244 g/mol. The lowest BCUT2D eigenvalue weighted by Crippen LogP contribution is -2.24. The number of urea groups is 1. The molecule has 2 rings (SSSR count). The number of aromatic nitrogens is 2. The number of carbonyl (C=O) groups excluding carboxylic acids is 1. The number of rotatable bonds is 3. The van der Waals surface area contributed by atoms with Crippen molar-refractivity contribution in [2.24, 2.45) is 0 Å². The first-order valence-electron chi connectivity index (χ1n) is 5.73. The van der Waals surface area contributed by atoms with Crippen molar-refractivity contribution in [2.45, 2.75) is 6.92 Å². The minimum atomic E-state index is -0.331. The lowest BCUT2D eigenvalue weighted by molar-refractivity contribution is 0.254. The molecule has 0 aliphatic heterocycles. The highest BCUT2D eigenvalue weighted by Gasteiger charge is 2.04. The summed E-state index contributed by atoms with van der Waals surface area (Å²) in [7, 11) is 1.54. The second-order valence-electron chi connectivity index (χ2n) is 3.77. The maximum absolute atomic E-state index is 11.2. The molecule has 2 heterocycles. The lowest BCUT2D eigenvalue weighted by atomic mass is 10.3. The number of nitrogens with one attached hydrogen (secondary N) is 2. The summed E-state index contributed by atoms with van der Waals surface area (Å²) in [6.45, 7) is 1.86. The normalized spacial score (nSPS) is 9.79. The molecule has 0 bridgehead atoms. The SMILES string of the molecule is CNC(=O)Nc1cc(Oc2cccnc2C)ccn1. The fraction of sp³-hybridized carbons (Fsp3) is 0.154. The Morgan fingerprint density at radius 1 is 1.26 bits per heavy atom. The van der Waals surface area contributed by atoms with Crippen molar-refractivity contribution in [2.75, 3.05) is 12.4 Å². The molecular formula is C13H14N4O2. The van der Waals surface area contributed by atoms with E-state index >= 15 is 0 Å². The maximum atomic E-state index is 11.2. The number of pyridine rings is 2. The van der Waals surface area contributed by atoms with Gasteiger partial charge in [0.25, 0.3) is 0 Å². The lowest BCUT2D eigenvalue weighted by Gasteiger charge is -2.09. The van der Waals surface area contributed by atoms with E-state index in [1.165, 1.54) is 7.05 Å². The van der Waals surface area contributed by atoms with E-state index in [2.05, 4.69) is 20.6 Å². The number of hydrogen-bond donors (Lipinski definition) is 2. The number of nitrogens with zero attached hydrogens (tertiary/aromatic N) is 2. The van der Waals surface area contributed by atoms with Crippen LogP contribution in [0.1, 0.15) is 5.69 Å². The van der Waals surface area contributed by atoms with Crippen LogP contribution in [0.4, 0.5) is 10.6 Å². The zero-order chi connectivity index (χ0) is 13.7. The molecule has 0 atom stereocenters. The Balaban J connectivity index is 2.15. The average Bonchev–Trinajstić information content (AvgIpc) is 2.42. The van der Waals surface area contributed by atoms with Crippen LogP contribution in [-0.4, -0.2) is 23.0 Å². The summed E-state index contributed by atoms with van der Waals surface area (Å²) < 4.78 is 5.69. The number of amides is 2. The zero-order valence-electron chi connectivity index (χ0n) is 10.7. The van der Waals surface area contributed by atoms with Gasteiger partial charge in [-0.15, -0.1) is 0 Å². The van der Waals surface area contributed by atoms with Crippen molar-refractivity contribution in [3.8, 4) is 11.5 Å². The molecule has 0 saturated carbocycles. The summed E-state index contributed by atoms with van der Waals surface area (Å²) in [5.41, 5.74) is 0.792. The van der Waals surface area contributed by atoms with Gasteiger partial charge in [-0.1, -0.05) is 0 Å². The summed E-state index contributed by atoms with van der Waals surface area (Å²) in [5.74, 6) is 1.66. The van der Waals surface area contributed by atoms with E-state index in [1.54, 1.807) is 30.6 Å². The average molecular weight is 258 g/mol. The molecule has 0 saturated heterocycles. The molecule has 0 spiro atoms. The maximum Gasteiger partial charge on any atom is 0.320 e. The third-order valence-electron chi connectivity index (χ3n) is 2.39. The molecule has 2 N–H and O–H groups in total. The van der Waals surface area contributed by atoms with E-state index in [1.807, 2.05) is 13.0 Å². The second-order valence-corrected chi connectivity index (χ2v) is 3.77. The van der Waals surface area contributed by atoms with Gasteiger partial charge in [-0.3, -0.25) is 10.3 Å². The predicted molar refractivity (Wildman–Crippen MR) is 71.4 cm³/mol. The van der Waals surface area contributed by atoms with Crippen molar-refractivity contribution >= 4 is 11.8 Å². The summed E-state index contributed by atoms with van der Waals surface area (Å²) >= 11 is 0. The van der Waals surface area contributed by atoms with Crippen molar-refractivity contribution in [3.63, 3.8) is 0 Å². The standard InChI is InChI=1S/C13H14N4O2/c1-9-11(4-3-6-15-9)19-10-5-7-16-12(8-10)17-13(18)14-2/h3-8H,1-2H3,(H2,14,16,17,18). The van der Waals surface area contributed by atoms with Crippen molar-refractivity contribution in [1.82, 2.24) is 15.3 Å². The summed E-state index contributed by atoms with van der Waals surface area (Å²) in [6.07, 6.45) is 3.26. The molecule has 2 aromatic heterocycles. The van der Waals surface area contributed by atoms with Gasteiger partial charge in [-0.25, -0.2) is 9.78 Å². The molecule has 6 nitrogen and oxygen atoms in total. The number of aryl methyl sites for hydroxylation is 1. The number of carbonyl (C=O) groups is 1. The van der Waals surface area contributed by atoms with Crippen LogP contribution in [-0.2, 0) is 0 Å². The first kappa shape index (κ1) is 12.8. The monoisotopic (exact) mass is 258 g/mol. The molecule has 0 aromatic carbocycles. The van der Waals surface area contributed by atoms with Gasteiger partial charge in [0.05, 0.1) is 5.69 Å². The largest absolute Gasteiger partial charge is 0.455 e. The van der Waals surface area contributed by atoms with Crippen molar-refractivity contribution in [3.05, 3.63) is 42.4 Å². The van der Waals surface area contributed by atoms with E-state index in [-0.39, 0.29) is 6.03 Å².